The Bertz CT molecular complexity index is 793. The summed E-state index contributed by atoms with van der Waals surface area (Å²) in [6.07, 6.45) is 2.38. The van der Waals surface area contributed by atoms with Crippen LogP contribution in [0, 0.1) is 10.8 Å². The molecule has 1 aromatic rings. The van der Waals surface area contributed by atoms with E-state index in [0.29, 0.717) is 10.7 Å². The van der Waals surface area contributed by atoms with Crippen molar-refractivity contribution in [1.29, 1.82) is 0 Å². The van der Waals surface area contributed by atoms with Crippen LogP contribution in [0.1, 0.15) is 40.0 Å². The van der Waals surface area contributed by atoms with Gasteiger partial charge in [-0.3, -0.25) is 0 Å². The molecule has 3 N–H and O–H groups in total. The van der Waals surface area contributed by atoms with Crippen LogP contribution in [-0.2, 0) is 9.84 Å². The molecule has 1 fully saturated rings. The Labute approximate surface area is 172 Å². The van der Waals surface area contributed by atoms with Gasteiger partial charge in [-0.15, -0.1) is 12.6 Å². The lowest BCUT2D eigenvalue weighted by molar-refractivity contribution is 0.0728. The number of hydrogen-bond donors (Lipinski definition) is 3. The highest BCUT2D eigenvalue weighted by Gasteiger charge is 2.47. The van der Waals surface area contributed by atoms with E-state index >= 15 is 0 Å². The lowest BCUT2D eigenvalue weighted by Crippen LogP contribution is -2.55. The molecule has 4 nitrogen and oxygen atoms in total. The van der Waals surface area contributed by atoms with E-state index in [4.69, 9.17) is 30.2 Å². The second-order valence-electron chi connectivity index (χ2n) is 8.16. The van der Waals surface area contributed by atoms with E-state index in [1.165, 1.54) is 0 Å². The van der Waals surface area contributed by atoms with Gasteiger partial charge in [-0.05, 0) is 42.2 Å². The third kappa shape index (κ3) is 4.84. The molecule has 3 atom stereocenters. The second kappa shape index (κ2) is 7.83. The minimum Gasteiger partial charge on any atom is -0.368 e. The Morgan fingerprint density at radius 1 is 1.23 bits per heavy atom. The summed E-state index contributed by atoms with van der Waals surface area (Å²) in [4.78, 5) is 0.185. The molecule has 144 valence electrons. The molecule has 8 heteroatoms. The normalized spacial score (nSPS) is 26.7. The average Bonchev–Trinajstić information content (AvgIpc) is 2.51. The molecule has 0 radical (unpaired) electrons. The van der Waals surface area contributed by atoms with Crippen LogP contribution in [0.2, 0.25) is 0 Å². The molecule has 1 aliphatic carbocycles. The molecule has 26 heavy (non-hydrogen) atoms. The zero-order valence-corrected chi connectivity index (χ0v) is 18.6. The number of hydrogen-bond acceptors (Lipinski definition) is 5. The second-order valence-corrected chi connectivity index (χ2v) is 11.9. The van der Waals surface area contributed by atoms with Crippen molar-refractivity contribution in [2.75, 3.05) is 0 Å². The van der Waals surface area contributed by atoms with Crippen LogP contribution in [0.25, 0.3) is 0 Å². The van der Waals surface area contributed by atoms with Crippen molar-refractivity contribution in [1.82, 2.24) is 5.32 Å². The smallest absolute Gasteiger partial charge is 0.214 e. The van der Waals surface area contributed by atoms with Gasteiger partial charge >= 0.3 is 0 Å². The molecule has 0 amide bonds. The van der Waals surface area contributed by atoms with Gasteiger partial charge < -0.3 is 11.1 Å². The van der Waals surface area contributed by atoms with Crippen LogP contribution in [0.3, 0.4) is 0 Å². The molecule has 0 aliphatic heterocycles. The third-order valence-corrected chi connectivity index (χ3v) is 7.88. The lowest BCUT2D eigenvalue weighted by Gasteiger charge is -2.49. The number of thiocarbonyl (C=S) groups is 2. The third-order valence-electron chi connectivity index (χ3n) is 5.04. The molecule has 0 spiro atoms. The predicted molar refractivity (Wildman–Crippen MR) is 118 cm³/mol. The van der Waals surface area contributed by atoms with E-state index in [1.807, 2.05) is 6.92 Å². The molecule has 0 heterocycles. The maximum Gasteiger partial charge on any atom is 0.214 e. The highest BCUT2D eigenvalue weighted by molar-refractivity contribution is 8.17. The first-order chi connectivity index (χ1) is 11.9. The summed E-state index contributed by atoms with van der Waals surface area (Å²) in [6, 6.07) is 7.56. The topological polar surface area (TPSA) is 72.2 Å². The van der Waals surface area contributed by atoms with Gasteiger partial charge in [-0.2, -0.15) is 0 Å². The highest BCUT2D eigenvalue weighted by atomic mass is 32.2. The van der Waals surface area contributed by atoms with Crippen LogP contribution < -0.4 is 11.1 Å². The van der Waals surface area contributed by atoms with Gasteiger partial charge in [0.25, 0.3) is 0 Å². The lowest BCUT2D eigenvalue weighted by atomic mass is 9.60. The van der Waals surface area contributed by atoms with Crippen LogP contribution in [0.15, 0.2) is 35.2 Å². The summed E-state index contributed by atoms with van der Waals surface area (Å²) < 4.78 is 26.2. The van der Waals surface area contributed by atoms with Gasteiger partial charge in [0.2, 0.25) is 9.84 Å². The summed E-state index contributed by atoms with van der Waals surface area (Å²) in [5.41, 5.74) is 5.98. The van der Waals surface area contributed by atoms with Crippen LogP contribution in [0.5, 0.6) is 0 Å². The molecule has 0 saturated heterocycles. The number of thiol groups is 1. The van der Waals surface area contributed by atoms with E-state index in [0.717, 1.165) is 12.8 Å². The van der Waals surface area contributed by atoms with Gasteiger partial charge in [0.05, 0.1) is 10.9 Å². The van der Waals surface area contributed by atoms with Gasteiger partial charge in [0, 0.05) is 6.04 Å². The zero-order valence-electron chi connectivity index (χ0n) is 15.2. The SMILES string of the molecule is CC1(C)CC(NC(=S)S)CC(C)(C(N)C(=S)S(=O)(=O)c2ccccc2)C1. The van der Waals surface area contributed by atoms with Gasteiger partial charge in [0.1, 0.15) is 8.52 Å². The zero-order chi connectivity index (χ0) is 19.8. The summed E-state index contributed by atoms with van der Waals surface area (Å²) in [7, 11) is -3.76. The Kier molecular flexibility index (Phi) is 6.55. The van der Waals surface area contributed by atoms with Crippen molar-refractivity contribution in [3.63, 3.8) is 0 Å². The summed E-state index contributed by atoms with van der Waals surface area (Å²) in [6.45, 7) is 6.33. The quantitative estimate of drug-likeness (QED) is 0.502. The Balaban J connectivity index is 2.32. The van der Waals surface area contributed by atoms with Gasteiger partial charge in [0.15, 0.2) is 0 Å². The number of nitrogens with two attached hydrogens (primary N) is 1. The van der Waals surface area contributed by atoms with E-state index in [1.54, 1.807) is 30.3 Å². The van der Waals surface area contributed by atoms with Crippen molar-refractivity contribution in [2.45, 2.75) is 57.0 Å². The number of nitrogens with one attached hydrogen (secondary N) is 1. The minimum absolute atomic E-state index is 0.0209. The van der Waals surface area contributed by atoms with Gasteiger partial charge in [-0.1, -0.05) is 63.4 Å². The number of benzene rings is 1. The van der Waals surface area contributed by atoms with Gasteiger partial charge in [-0.25, -0.2) is 8.42 Å². The van der Waals surface area contributed by atoms with E-state index in [9.17, 15) is 8.42 Å². The Morgan fingerprint density at radius 2 is 1.81 bits per heavy atom. The standard InChI is InChI=1S/C18H26N2O2S4/c1-17(2)9-12(20-16(24)25)10-18(3,11-17)14(19)15(23)26(21,22)13-7-5-4-6-8-13/h4-8,12,14H,9-11,19H2,1-3H3,(H2,20,24,25). The van der Waals surface area contributed by atoms with Crippen molar-refractivity contribution in [3.05, 3.63) is 30.3 Å². The molecule has 0 bridgehead atoms. The molecule has 3 unspecified atom stereocenters. The molecule has 2 rings (SSSR count). The first-order valence-corrected chi connectivity index (χ1v) is 11.2. The maximum atomic E-state index is 12.9. The minimum atomic E-state index is -3.76. The molecule has 0 aromatic heterocycles. The van der Waals surface area contributed by atoms with Crippen LogP contribution in [0.4, 0.5) is 0 Å². The first-order valence-electron chi connectivity index (χ1n) is 8.46. The average molecular weight is 431 g/mol. The molecular weight excluding hydrogens is 404 g/mol. The summed E-state index contributed by atoms with van der Waals surface area (Å²) in [5, 5.41) is 3.20. The Morgan fingerprint density at radius 3 is 2.35 bits per heavy atom. The first kappa shape index (κ1) is 21.8. The van der Waals surface area contributed by atoms with E-state index < -0.39 is 21.3 Å². The number of sulfone groups is 1. The van der Waals surface area contributed by atoms with Crippen molar-refractivity contribution >= 4 is 55.4 Å². The predicted octanol–water partition coefficient (Wildman–Crippen LogP) is 3.50. The van der Waals surface area contributed by atoms with Crippen LogP contribution >= 0.6 is 37.1 Å². The molecular formula is C18H26N2O2S4. The van der Waals surface area contributed by atoms with Crippen molar-refractivity contribution in [2.24, 2.45) is 16.6 Å². The summed E-state index contributed by atoms with van der Waals surface area (Å²) in [5.74, 6) is 0. The van der Waals surface area contributed by atoms with E-state index in [2.05, 4.69) is 31.8 Å². The van der Waals surface area contributed by atoms with Crippen molar-refractivity contribution < 1.29 is 8.42 Å². The Hall–Kier alpha value is -0.540. The van der Waals surface area contributed by atoms with Crippen LogP contribution in [-0.4, -0.2) is 29.0 Å². The van der Waals surface area contributed by atoms with E-state index in [-0.39, 0.29) is 20.5 Å². The maximum absolute atomic E-state index is 12.9. The fraction of sp³-hybridized carbons (Fsp3) is 0.556. The highest BCUT2D eigenvalue weighted by Crippen LogP contribution is 2.48. The molecule has 1 aliphatic rings. The molecule has 1 saturated carbocycles. The fourth-order valence-corrected chi connectivity index (χ4v) is 6.51. The number of rotatable bonds is 4. The summed E-state index contributed by atoms with van der Waals surface area (Å²) >= 11 is 14.6. The molecule has 1 aromatic carbocycles. The monoisotopic (exact) mass is 430 g/mol. The largest absolute Gasteiger partial charge is 0.368 e. The van der Waals surface area contributed by atoms with Crippen molar-refractivity contribution in [3.8, 4) is 0 Å². The fourth-order valence-electron chi connectivity index (χ4n) is 4.22.